The highest BCUT2D eigenvalue weighted by atomic mass is 32.2. The average Bonchev–Trinajstić information content (AvgIpc) is 2.60. The molecule has 0 saturated heterocycles. The summed E-state index contributed by atoms with van der Waals surface area (Å²) in [6.45, 7) is 0. The highest BCUT2D eigenvalue weighted by Gasteiger charge is 2.08. The van der Waals surface area contributed by atoms with Gasteiger partial charge in [0, 0.05) is 26.7 Å². The molecular formula is C19H16N2O2S. The summed E-state index contributed by atoms with van der Waals surface area (Å²) in [5.41, 5.74) is 7.92. The number of phenolic OH excluding ortho intramolecular Hbond substituents is 1. The fourth-order valence-corrected chi connectivity index (χ4v) is 2.99. The summed E-state index contributed by atoms with van der Waals surface area (Å²) < 4.78 is 0. The number of hydrogen-bond acceptors (Lipinski definition) is 4. The number of carbonyl (C=O) groups excluding carboxylic acids is 1. The molecule has 3 rings (SSSR count). The first-order valence-corrected chi connectivity index (χ1v) is 8.16. The summed E-state index contributed by atoms with van der Waals surface area (Å²) in [6, 6.07) is 21.4. The third-order valence-electron chi connectivity index (χ3n) is 3.37. The molecule has 0 aliphatic carbocycles. The van der Waals surface area contributed by atoms with Crippen molar-refractivity contribution in [2.75, 3.05) is 11.1 Å². The average molecular weight is 336 g/mol. The van der Waals surface area contributed by atoms with Gasteiger partial charge in [-0.15, -0.1) is 0 Å². The molecule has 0 radical (unpaired) electrons. The van der Waals surface area contributed by atoms with Gasteiger partial charge in [-0.2, -0.15) is 0 Å². The van der Waals surface area contributed by atoms with E-state index in [4.69, 9.17) is 5.73 Å². The Morgan fingerprint density at radius 1 is 0.958 bits per heavy atom. The van der Waals surface area contributed by atoms with Crippen LogP contribution >= 0.6 is 11.8 Å². The van der Waals surface area contributed by atoms with Gasteiger partial charge in [0.15, 0.2) is 0 Å². The minimum Gasteiger partial charge on any atom is -0.508 e. The quantitative estimate of drug-likeness (QED) is 0.618. The smallest absolute Gasteiger partial charge is 0.255 e. The van der Waals surface area contributed by atoms with Gasteiger partial charge in [-0.25, -0.2) is 0 Å². The summed E-state index contributed by atoms with van der Waals surface area (Å²) in [4.78, 5) is 14.0. The van der Waals surface area contributed by atoms with Crippen LogP contribution in [0.2, 0.25) is 0 Å². The maximum atomic E-state index is 12.2. The summed E-state index contributed by atoms with van der Waals surface area (Å²) in [5.74, 6) is 0.0558. The van der Waals surface area contributed by atoms with Crippen molar-refractivity contribution in [3.05, 3.63) is 78.4 Å². The van der Waals surface area contributed by atoms with E-state index in [1.165, 1.54) is 11.8 Å². The van der Waals surface area contributed by atoms with E-state index in [0.29, 0.717) is 16.9 Å². The van der Waals surface area contributed by atoms with Gasteiger partial charge < -0.3 is 16.2 Å². The Hall–Kier alpha value is -2.92. The number of hydrogen-bond donors (Lipinski definition) is 3. The number of nitrogens with two attached hydrogens (primary N) is 1. The summed E-state index contributed by atoms with van der Waals surface area (Å²) in [6.07, 6.45) is 0. The zero-order valence-electron chi connectivity index (χ0n) is 12.8. The zero-order chi connectivity index (χ0) is 16.9. The third-order valence-corrected chi connectivity index (χ3v) is 4.47. The molecule has 3 aromatic carbocycles. The molecule has 24 heavy (non-hydrogen) atoms. The SMILES string of the molecule is Nc1cc(NC(=O)c2ccccc2)ccc1Sc1ccc(O)cc1. The van der Waals surface area contributed by atoms with E-state index in [2.05, 4.69) is 5.32 Å². The summed E-state index contributed by atoms with van der Waals surface area (Å²) in [7, 11) is 0. The molecule has 0 unspecified atom stereocenters. The van der Waals surface area contributed by atoms with Crippen molar-refractivity contribution >= 4 is 29.0 Å². The Kier molecular flexibility index (Phi) is 4.72. The minimum atomic E-state index is -0.172. The van der Waals surface area contributed by atoms with Crippen LogP contribution in [0.25, 0.3) is 0 Å². The van der Waals surface area contributed by atoms with Crippen molar-refractivity contribution in [1.82, 2.24) is 0 Å². The van der Waals surface area contributed by atoms with E-state index in [9.17, 15) is 9.90 Å². The van der Waals surface area contributed by atoms with Crippen LogP contribution in [-0.2, 0) is 0 Å². The highest BCUT2D eigenvalue weighted by molar-refractivity contribution is 7.99. The maximum Gasteiger partial charge on any atom is 0.255 e. The molecule has 0 fully saturated rings. The van der Waals surface area contributed by atoms with Crippen LogP contribution in [0, 0.1) is 0 Å². The van der Waals surface area contributed by atoms with Crippen molar-refractivity contribution in [1.29, 1.82) is 0 Å². The second-order valence-electron chi connectivity index (χ2n) is 5.17. The summed E-state index contributed by atoms with van der Waals surface area (Å²) >= 11 is 1.50. The highest BCUT2D eigenvalue weighted by Crippen LogP contribution is 2.34. The van der Waals surface area contributed by atoms with Crippen molar-refractivity contribution in [3.8, 4) is 5.75 Å². The molecule has 0 spiro atoms. The van der Waals surface area contributed by atoms with Gasteiger partial charge in [0.2, 0.25) is 0 Å². The number of aromatic hydroxyl groups is 1. The Bertz CT molecular complexity index is 849. The van der Waals surface area contributed by atoms with E-state index >= 15 is 0 Å². The number of phenols is 1. The lowest BCUT2D eigenvalue weighted by atomic mass is 10.2. The zero-order valence-corrected chi connectivity index (χ0v) is 13.6. The molecule has 0 aromatic heterocycles. The van der Waals surface area contributed by atoms with Crippen molar-refractivity contribution in [3.63, 3.8) is 0 Å². The van der Waals surface area contributed by atoms with Crippen LogP contribution in [0.3, 0.4) is 0 Å². The van der Waals surface area contributed by atoms with Crippen LogP contribution in [0.15, 0.2) is 82.6 Å². The predicted octanol–water partition coefficient (Wildman–Crippen LogP) is 4.38. The molecule has 120 valence electrons. The number of carbonyl (C=O) groups is 1. The topological polar surface area (TPSA) is 75.3 Å². The van der Waals surface area contributed by atoms with E-state index in [1.54, 1.807) is 30.3 Å². The number of rotatable bonds is 4. The first-order chi connectivity index (χ1) is 11.6. The van der Waals surface area contributed by atoms with Gasteiger partial charge in [-0.05, 0) is 54.6 Å². The van der Waals surface area contributed by atoms with Crippen molar-refractivity contribution in [2.24, 2.45) is 0 Å². The Morgan fingerprint density at radius 2 is 1.67 bits per heavy atom. The number of anilines is 2. The Morgan fingerprint density at radius 3 is 2.33 bits per heavy atom. The van der Waals surface area contributed by atoms with E-state index in [1.807, 2.05) is 42.5 Å². The molecule has 3 aromatic rings. The fourth-order valence-electron chi connectivity index (χ4n) is 2.15. The van der Waals surface area contributed by atoms with Gasteiger partial charge in [-0.3, -0.25) is 4.79 Å². The number of benzene rings is 3. The molecule has 0 bridgehead atoms. The first kappa shape index (κ1) is 16.0. The first-order valence-electron chi connectivity index (χ1n) is 7.34. The van der Waals surface area contributed by atoms with Crippen LogP contribution in [0.1, 0.15) is 10.4 Å². The maximum absolute atomic E-state index is 12.2. The van der Waals surface area contributed by atoms with E-state index < -0.39 is 0 Å². The standard InChI is InChI=1S/C19H16N2O2S/c20-17-12-14(21-19(23)13-4-2-1-3-5-13)6-11-18(17)24-16-9-7-15(22)8-10-16/h1-12,22H,20H2,(H,21,23). The number of nitrogens with one attached hydrogen (secondary N) is 1. The molecule has 0 saturated carbocycles. The monoisotopic (exact) mass is 336 g/mol. The van der Waals surface area contributed by atoms with Gasteiger partial charge >= 0.3 is 0 Å². The lowest BCUT2D eigenvalue weighted by Crippen LogP contribution is -2.11. The van der Waals surface area contributed by atoms with Gasteiger partial charge in [0.1, 0.15) is 5.75 Å². The molecule has 0 aliphatic rings. The van der Waals surface area contributed by atoms with Gasteiger partial charge in [0.25, 0.3) is 5.91 Å². The Balaban J connectivity index is 1.72. The molecular weight excluding hydrogens is 320 g/mol. The summed E-state index contributed by atoms with van der Waals surface area (Å²) in [5, 5.41) is 12.2. The van der Waals surface area contributed by atoms with Gasteiger partial charge in [0.05, 0.1) is 0 Å². The van der Waals surface area contributed by atoms with Crippen LogP contribution < -0.4 is 11.1 Å². The van der Waals surface area contributed by atoms with Crippen molar-refractivity contribution in [2.45, 2.75) is 9.79 Å². The van der Waals surface area contributed by atoms with Crippen LogP contribution in [0.5, 0.6) is 5.75 Å². The number of amides is 1. The minimum absolute atomic E-state index is 0.172. The molecule has 0 heterocycles. The van der Waals surface area contributed by atoms with Crippen LogP contribution in [0.4, 0.5) is 11.4 Å². The predicted molar refractivity (Wildman–Crippen MR) is 97.5 cm³/mol. The van der Waals surface area contributed by atoms with Gasteiger partial charge in [-0.1, -0.05) is 30.0 Å². The largest absolute Gasteiger partial charge is 0.508 e. The van der Waals surface area contributed by atoms with E-state index in [-0.39, 0.29) is 11.7 Å². The second-order valence-corrected chi connectivity index (χ2v) is 6.28. The lowest BCUT2D eigenvalue weighted by molar-refractivity contribution is 0.102. The lowest BCUT2D eigenvalue weighted by Gasteiger charge is -2.10. The number of nitrogen functional groups attached to an aromatic ring is 1. The molecule has 4 nitrogen and oxygen atoms in total. The second kappa shape index (κ2) is 7.10. The van der Waals surface area contributed by atoms with Crippen molar-refractivity contribution < 1.29 is 9.90 Å². The normalized spacial score (nSPS) is 10.3. The Labute approximate surface area is 144 Å². The van der Waals surface area contributed by atoms with Crippen LogP contribution in [-0.4, -0.2) is 11.0 Å². The van der Waals surface area contributed by atoms with E-state index in [0.717, 1.165) is 9.79 Å². The molecule has 4 N–H and O–H groups in total. The third kappa shape index (κ3) is 3.88. The molecule has 1 amide bonds. The molecule has 0 atom stereocenters. The molecule has 5 heteroatoms. The molecule has 0 aliphatic heterocycles. The fraction of sp³-hybridized carbons (Fsp3) is 0.